The van der Waals surface area contributed by atoms with E-state index in [0.717, 1.165) is 6.42 Å². The average Bonchev–Trinajstić information content (AvgIpc) is 3.30. The summed E-state index contributed by atoms with van der Waals surface area (Å²) in [5, 5.41) is 14.2. The number of hydrogen-bond acceptors (Lipinski definition) is 6. The van der Waals surface area contributed by atoms with Crippen molar-refractivity contribution < 1.29 is 22.8 Å². The normalized spacial score (nSPS) is 17.5. The van der Waals surface area contributed by atoms with Gasteiger partial charge < -0.3 is 9.80 Å². The van der Waals surface area contributed by atoms with E-state index in [2.05, 4.69) is 25.7 Å². The Morgan fingerprint density at radius 1 is 1.36 bits per heavy atom. The number of urea groups is 1. The maximum atomic E-state index is 12.6. The molecule has 1 aliphatic heterocycles. The molecule has 3 heterocycles. The largest absolute Gasteiger partial charge is 0.445 e. The Balaban J connectivity index is 1.68. The number of likely N-dealkylation sites (tertiary alicyclic amines) is 1. The Morgan fingerprint density at radius 3 is 2.75 bits per heavy atom. The highest BCUT2D eigenvalue weighted by molar-refractivity contribution is 7.15. The Bertz CT molecular complexity index is 864. The predicted molar refractivity (Wildman–Crippen MR) is 94.1 cm³/mol. The van der Waals surface area contributed by atoms with Gasteiger partial charge in [0.2, 0.25) is 10.1 Å². The zero-order chi connectivity index (χ0) is 20.5. The molecule has 2 aromatic heterocycles. The first-order valence-electron chi connectivity index (χ1n) is 8.38. The van der Waals surface area contributed by atoms with Crippen LogP contribution < -0.4 is 5.32 Å². The number of halogens is 3. The van der Waals surface area contributed by atoms with Crippen LogP contribution in [-0.4, -0.2) is 69.3 Å². The summed E-state index contributed by atoms with van der Waals surface area (Å²) >= 11 is 0.268. The third-order valence-electron chi connectivity index (χ3n) is 4.30. The topological polar surface area (TPSA) is 107 Å². The molecule has 0 aliphatic carbocycles. The molecule has 152 valence electrons. The molecule has 2 N–H and O–H groups in total. The third-order valence-corrected chi connectivity index (χ3v) is 5.19. The zero-order valence-corrected chi connectivity index (χ0v) is 15.9. The Morgan fingerprint density at radius 2 is 2.11 bits per heavy atom. The van der Waals surface area contributed by atoms with Gasteiger partial charge >= 0.3 is 12.2 Å². The molecule has 28 heavy (non-hydrogen) atoms. The van der Waals surface area contributed by atoms with Crippen LogP contribution in [0.1, 0.15) is 39.8 Å². The van der Waals surface area contributed by atoms with Gasteiger partial charge in [0.25, 0.3) is 5.91 Å². The van der Waals surface area contributed by atoms with Crippen LogP contribution in [0.3, 0.4) is 0 Å². The van der Waals surface area contributed by atoms with Crippen LogP contribution in [0.2, 0.25) is 0 Å². The summed E-state index contributed by atoms with van der Waals surface area (Å²) in [6.45, 7) is 0.741. The van der Waals surface area contributed by atoms with Gasteiger partial charge in [0.15, 0.2) is 0 Å². The van der Waals surface area contributed by atoms with E-state index in [-0.39, 0.29) is 28.3 Å². The fourth-order valence-electron chi connectivity index (χ4n) is 2.97. The lowest BCUT2D eigenvalue weighted by Crippen LogP contribution is -2.42. The highest BCUT2D eigenvalue weighted by Gasteiger charge is 2.36. The van der Waals surface area contributed by atoms with Crippen LogP contribution in [0.4, 0.5) is 23.1 Å². The number of rotatable bonds is 3. The van der Waals surface area contributed by atoms with E-state index < -0.39 is 17.2 Å². The first-order valence-corrected chi connectivity index (χ1v) is 9.20. The van der Waals surface area contributed by atoms with E-state index in [4.69, 9.17) is 0 Å². The number of anilines is 1. The van der Waals surface area contributed by atoms with Crippen LogP contribution in [0.25, 0.3) is 0 Å². The van der Waals surface area contributed by atoms with Crippen LogP contribution >= 0.6 is 11.3 Å². The summed E-state index contributed by atoms with van der Waals surface area (Å²) in [4.78, 5) is 27.6. The first kappa shape index (κ1) is 20.0. The molecule has 0 saturated carbocycles. The van der Waals surface area contributed by atoms with Crippen LogP contribution in [-0.2, 0) is 6.18 Å². The van der Waals surface area contributed by atoms with Crippen LogP contribution in [0.15, 0.2) is 6.20 Å². The SMILES string of the molecule is CN(C)C(=O)c1cn[nH]c1[C@@H]1CCCN(C(=O)Nc2nnc(C(F)(F)F)s2)C1. The number of nitrogens with one attached hydrogen (secondary N) is 2. The quantitative estimate of drug-likeness (QED) is 0.798. The predicted octanol–water partition coefficient (Wildman–Crippen LogP) is 2.39. The van der Waals surface area contributed by atoms with E-state index in [1.54, 1.807) is 14.1 Å². The average molecular weight is 417 g/mol. The summed E-state index contributed by atoms with van der Waals surface area (Å²) in [5.41, 5.74) is 1.09. The van der Waals surface area contributed by atoms with Crippen molar-refractivity contribution in [2.45, 2.75) is 24.9 Å². The van der Waals surface area contributed by atoms with Gasteiger partial charge in [0.05, 0.1) is 17.5 Å². The number of piperidine rings is 1. The summed E-state index contributed by atoms with van der Waals surface area (Å²) in [6, 6.07) is -0.561. The maximum Gasteiger partial charge on any atom is 0.445 e. The molecule has 3 amide bonds. The van der Waals surface area contributed by atoms with Gasteiger partial charge in [-0.2, -0.15) is 18.3 Å². The van der Waals surface area contributed by atoms with Crippen molar-refractivity contribution in [1.82, 2.24) is 30.2 Å². The summed E-state index contributed by atoms with van der Waals surface area (Å²) in [5.74, 6) is -0.333. The molecule has 3 rings (SSSR count). The molecule has 0 unspecified atom stereocenters. The Labute approximate surface area is 161 Å². The summed E-state index contributed by atoms with van der Waals surface area (Å²) in [7, 11) is 3.27. The smallest absolute Gasteiger partial charge is 0.345 e. The minimum absolute atomic E-state index is 0.138. The molecule has 1 atom stereocenters. The Hall–Kier alpha value is -2.70. The van der Waals surface area contributed by atoms with Crippen molar-refractivity contribution in [3.8, 4) is 0 Å². The third kappa shape index (κ3) is 4.24. The van der Waals surface area contributed by atoms with Crippen LogP contribution in [0.5, 0.6) is 0 Å². The molecule has 1 fully saturated rings. The van der Waals surface area contributed by atoms with Crippen molar-refractivity contribution in [3.63, 3.8) is 0 Å². The Kier molecular flexibility index (Phi) is 5.54. The number of hydrogen-bond donors (Lipinski definition) is 2. The number of alkyl halides is 3. The summed E-state index contributed by atoms with van der Waals surface area (Å²) in [6.07, 6.45) is -1.73. The molecule has 0 radical (unpaired) electrons. The van der Waals surface area contributed by atoms with Gasteiger partial charge in [0.1, 0.15) is 0 Å². The van der Waals surface area contributed by atoms with Gasteiger partial charge in [-0.1, -0.05) is 11.3 Å². The number of carbonyl (C=O) groups is 2. The molecule has 1 saturated heterocycles. The minimum atomic E-state index is -4.60. The second kappa shape index (κ2) is 7.73. The number of nitrogens with zero attached hydrogens (tertiary/aromatic N) is 5. The highest BCUT2D eigenvalue weighted by atomic mass is 32.1. The van der Waals surface area contributed by atoms with Gasteiger partial charge in [-0.15, -0.1) is 10.2 Å². The monoisotopic (exact) mass is 417 g/mol. The molecule has 1 aliphatic rings. The second-order valence-electron chi connectivity index (χ2n) is 6.52. The zero-order valence-electron chi connectivity index (χ0n) is 15.1. The first-order chi connectivity index (χ1) is 13.2. The highest BCUT2D eigenvalue weighted by Crippen LogP contribution is 2.33. The van der Waals surface area contributed by atoms with Gasteiger partial charge in [0, 0.05) is 33.1 Å². The second-order valence-corrected chi connectivity index (χ2v) is 7.50. The number of aromatic nitrogens is 4. The minimum Gasteiger partial charge on any atom is -0.345 e. The van der Waals surface area contributed by atoms with Gasteiger partial charge in [-0.05, 0) is 12.8 Å². The standard InChI is InChI=1S/C15H18F3N7O2S/c1-24(2)11(26)9-6-19-21-10(9)8-4-3-5-25(7-8)14(27)20-13-23-22-12(28-13)15(16,17)18/h6,8H,3-5,7H2,1-2H3,(H,19,21)(H,20,23,27)/t8-/m1/s1. The van der Waals surface area contributed by atoms with E-state index in [1.165, 1.54) is 16.0 Å². The van der Waals surface area contributed by atoms with Gasteiger partial charge in [-0.3, -0.25) is 15.2 Å². The van der Waals surface area contributed by atoms with E-state index in [9.17, 15) is 22.8 Å². The number of amides is 3. The van der Waals surface area contributed by atoms with E-state index >= 15 is 0 Å². The van der Waals surface area contributed by atoms with E-state index in [1.807, 2.05) is 0 Å². The molecule has 0 spiro atoms. The molecule has 2 aromatic rings. The van der Waals surface area contributed by atoms with Crippen molar-refractivity contribution >= 4 is 28.4 Å². The molecule has 13 heteroatoms. The molecule has 9 nitrogen and oxygen atoms in total. The number of carbonyl (C=O) groups excluding carboxylic acids is 2. The molecule has 0 aromatic carbocycles. The lowest BCUT2D eigenvalue weighted by atomic mass is 9.92. The molecule has 0 bridgehead atoms. The lowest BCUT2D eigenvalue weighted by Gasteiger charge is -2.32. The lowest BCUT2D eigenvalue weighted by molar-refractivity contribution is -0.138. The van der Waals surface area contributed by atoms with Gasteiger partial charge in [-0.25, -0.2) is 4.79 Å². The number of H-pyrrole nitrogens is 1. The fraction of sp³-hybridized carbons (Fsp3) is 0.533. The fourth-order valence-corrected chi connectivity index (χ4v) is 3.58. The van der Waals surface area contributed by atoms with Crippen molar-refractivity contribution in [2.24, 2.45) is 0 Å². The van der Waals surface area contributed by atoms with Crippen molar-refractivity contribution in [1.29, 1.82) is 0 Å². The molecular weight excluding hydrogens is 399 g/mol. The van der Waals surface area contributed by atoms with E-state index in [0.29, 0.717) is 30.8 Å². The maximum absolute atomic E-state index is 12.6. The molecular formula is C15H18F3N7O2S. The summed E-state index contributed by atoms with van der Waals surface area (Å²) < 4.78 is 37.8. The van der Waals surface area contributed by atoms with Crippen molar-refractivity contribution in [2.75, 3.05) is 32.5 Å². The number of aromatic amines is 1. The van der Waals surface area contributed by atoms with Crippen LogP contribution in [0, 0.1) is 0 Å². The van der Waals surface area contributed by atoms with Crippen molar-refractivity contribution in [3.05, 3.63) is 22.5 Å².